The van der Waals surface area contributed by atoms with Crippen molar-refractivity contribution >= 4 is 33.5 Å². The molecule has 4 rings (SSSR count). The molecule has 0 unspecified atom stereocenters. The van der Waals surface area contributed by atoms with Gasteiger partial charge in [-0.25, -0.2) is 18.6 Å². The van der Waals surface area contributed by atoms with E-state index in [1.165, 1.54) is 24.0 Å². The van der Waals surface area contributed by atoms with Crippen LogP contribution in [-0.2, 0) is 25.3 Å². The van der Waals surface area contributed by atoms with Crippen LogP contribution in [0.3, 0.4) is 0 Å². The molecule has 1 aromatic carbocycles. The van der Waals surface area contributed by atoms with E-state index in [1.807, 2.05) is 0 Å². The fourth-order valence-corrected chi connectivity index (χ4v) is 4.04. The maximum Gasteiger partial charge on any atom is 0.333 e. The molecule has 12 heteroatoms. The molecule has 3 aromatic heterocycles. The third-order valence-corrected chi connectivity index (χ3v) is 5.75. The van der Waals surface area contributed by atoms with E-state index in [4.69, 9.17) is 4.42 Å². The summed E-state index contributed by atoms with van der Waals surface area (Å²) in [5.41, 5.74) is -0.824. The lowest BCUT2D eigenvalue weighted by molar-refractivity contribution is -0.115. The zero-order valence-electron chi connectivity index (χ0n) is 17.0. The van der Waals surface area contributed by atoms with Crippen LogP contribution in [0.1, 0.15) is 11.3 Å². The summed E-state index contributed by atoms with van der Waals surface area (Å²) in [5.74, 6) is -2.89. The van der Waals surface area contributed by atoms with Gasteiger partial charge < -0.3 is 14.8 Å². The average molecular weight is 462 g/mol. The molecule has 32 heavy (non-hydrogen) atoms. The first kappa shape index (κ1) is 21.4. The molecule has 3 heterocycles. The van der Waals surface area contributed by atoms with Crippen LogP contribution in [0.25, 0.3) is 22.4 Å². The summed E-state index contributed by atoms with van der Waals surface area (Å²) in [6.45, 7) is 1.58. The molecule has 0 atom stereocenters. The molecule has 0 saturated heterocycles. The lowest BCUT2D eigenvalue weighted by Gasteiger charge is -2.04. The largest absolute Gasteiger partial charge is 0.505 e. The summed E-state index contributed by atoms with van der Waals surface area (Å²) in [7, 11) is 2.79. The Bertz CT molecular complexity index is 1520. The number of fused-ring (bicyclic) bond motifs is 1. The quantitative estimate of drug-likeness (QED) is 0.481. The number of aryl methyl sites for hydroxylation is 2. The van der Waals surface area contributed by atoms with Crippen molar-refractivity contribution in [2.75, 3.05) is 5.32 Å². The van der Waals surface area contributed by atoms with Crippen molar-refractivity contribution in [3.05, 3.63) is 61.3 Å². The van der Waals surface area contributed by atoms with Crippen molar-refractivity contribution in [3.63, 3.8) is 0 Å². The van der Waals surface area contributed by atoms with E-state index in [1.54, 1.807) is 6.92 Å². The minimum absolute atomic E-state index is 0.0692. The summed E-state index contributed by atoms with van der Waals surface area (Å²) in [4.78, 5) is 41.4. The number of benzene rings is 1. The van der Waals surface area contributed by atoms with Gasteiger partial charge in [-0.3, -0.25) is 18.7 Å². The molecule has 0 saturated carbocycles. The highest BCUT2D eigenvalue weighted by molar-refractivity contribution is 7.14. The molecule has 9 nitrogen and oxygen atoms in total. The number of aromatic nitrogens is 3. The number of nitrogens with one attached hydrogen (secondary N) is 1. The lowest BCUT2D eigenvalue weighted by atomic mass is 10.1. The monoisotopic (exact) mass is 462 g/mol. The van der Waals surface area contributed by atoms with Gasteiger partial charge in [0.2, 0.25) is 11.6 Å². The number of nitrogens with zero attached hydrogens (tertiary/aromatic N) is 3. The number of thiazole rings is 1. The number of halogens is 2. The standard InChI is InChI=1S/C20H16F2N4O5S/c1-8-9(16-17(29)25(2)20(30)26(3)18(16)31-8)5-15(28)24-19-23-13(7-32-19)10-4-12(22)14(27)6-11(10)21/h4,6-7,27H,5H2,1-3H3,(H,23,24,28). The summed E-state index contributed by atoms with van der Waals surface area (Å²) in [5, 5.41) is 13.5. The lowest BCUT2D eigenvalue weighted by Crippen LogP contribution is -2.36. The van der Waals surface area contributed by atoms with Gasteiger partial charge in [-0.2, -0.15) is 0 Å². The normalized spacial score (nSPS) is 11.3. The number of hydrogen-bond donors (Lipinski definition) is 2. The average Bonchev–Trinajstić information content (AvgIpc) is 3.32. The molecular weight excluding hydrogens is 446 g/mol. The summed E-state index contributed by atoms with van der Waals surface area (Å²) in [6, 6.07) is 1.45. The molecule has 0 aliphatic heterocycles. The zero-order valence-corrected chi connectivity index (χ0v) is 17.8. The van der Waals surface area contributed by atoms with Crippen LogP contribution in [0.2, 0.25) is 0 Å². The fraction of sp³-hybridized carbons (Fsp3) is 0.200. The van der Waals surface area contributed by atoms with Gasteiger partial charge in [0.25, 0.3) is 5.56 Å². The Kier molecular flexibility index (Phi) is 5.17. The van der Waals surface area contributed by atoms with Gasteiger partial charge in [-0.15, -0.1) is 11.3 Å². The van der Waals surface area contributed by atoms with E-state index >= 15 is 0 Å². The van der Waals surface area contributed by atoms with Crippen molar-refractivity contribution in [2.45, 2.75) is 13.3 Å². The van der Waals surface area contributed by atoms with E-state index < -0.39 is 34.5 Å². The summed E-state index contributed by atoms with van der Waals surface area (Å²) < 4.78 is 35.3. The highest BCUT2D eigenvalue weighted by atomic mass is 32.1. The Labute approximate surface area is 182 Å². The zero-order chi connectivity index (χ0) is 23.3. The number of aromatic hydroxyl groups is 1. The van der Waals surface area contributed by atoms with Crippen LogP contribution >= 0.6 is 11.3 Å². The molecule has 2 N–H and O–H groups in total. The van der Waals surface area contributed by atoms with Crippen LogP contribution in [0.5, 0.6) is 5.75 Å². The Hall–Kier alpha value is -3.80. The third kappa shape index (κ3) is 3.47. The first-order valence-corrected chi connectivity index (χ1v) is 10.1. The van der Waals surface area contributed by atoms with Gasteiger partial charge in [0, 0.05) is 36.7 Å². The Morgan fingerprint density at radius 2 is 1.94 bits per heavy atom. The van der Waals surface area contributed by atoms with Crippen molar-refractivity contribution in [2.24, 2.45) is 14.1 Å². The second kappa shape index (κ2) is 7.71. The maximum absolute atomic E-state index is 14.0. The van der Waals surface area contributed by atoms with E-state index in [-0.39, 0.29) is 33.9 Å². The number of anilines is 1. The van der Waals surface area contributed by atoms with Crippen molar-refractivity contribution in [1.82, 2.24) is 14.1 Å². The highest BCUT2D eigenvalue weighted by Gasteiger charge is 2.22. The first-order chi connectivity index (χ1) is 15.1. The Morgan fingerprint density at radius 3 is 2.66 bits per heavy atom. The molecule has 0 fully saturated rings. The smallest absolute Gasteiger partial charge is 0.333 e. The molecule has 0 bridgehead atoms. The van der Waals surface area contributed by atoms with E-state index in [0.717, 1.165) is 22.0 Å². The highest BCUT2D eigenvalue weighted by Crippen LogP contribution is 2.31. The number of furan rings is 1. The molecule has 0 aliphatic carbocycles. The third-order valence-electron chi connectivity index (χ3n) is 4.99. The summed E-state index contributed by atoms with van der Waals surface area (Å²) >= 11 is 0.993. The van der Waals surface area contributed by atoms with Crippen LogP contribution in [-0.4, -0.2) is 25.1 Å². The summed E-state index contributed by atoms with van der Waals surface area (Å²) in [6.07, 6.45) is -0.233. The predicted molar refractivity (Wildman–Crippen MR) is 113 cm³/mol. The Morgan fingerprint density at radius 1 is 1.22 bits per heavy atom. The number of hydrogen-bond acceptors (Lipinski definition) is 7. The van der Waals surface area contributed by atoms with Crippen LogP contribution in [0.15, 0.2) is 31.5 Å². The molecule has 1 amide bonds. The number of carbonyl (C=O) groups excluding carboxylic acids is 1. The predicted octanol–water partition coefficient (Wildman–Crippen LogP) is 2.43. The molecule has 166 valence electrons. The number of carbonyl (C=O) groups is 1. The number of phenols is 1. The van der Waals surface area contributed by atoms with Gasteiger partial charge in [-0.1, -0.05) is 0 Å². The van der Waals surface area contributed by atoms with E-state index in [2.05, 4.69) is 10.3 Å². The fourth-order valence-electron chi connectivity index (χ4n) is 3.31. The molecular formula is C20H16F2N4O5S. The maximum atomic E-state index is 14.0. The molecule has 0 radical (unpaired) electrons. The number of rotatable bonds is 4. The molecule has 0 spiro atoms. The second-order valence-electron chi connectivity index (χ2n) is 7.07. The van der Waals surface area contributed by atoms with Crippen molar-refractivity contribution in [1.29, 1.82) is 0 Å². The van der Waals surface area contributed by atoms with Gasteiger partial charge in [-0.05, 0) is 13.0 Å². The van der Waals surface area contributed by atoms with E-state index in [0.29, 0.717) is 17.4 Å². The SMILES string of the molecule is Cc1oc2c(c1CC(=O)Nc1nc(-c3cc(F)c(O)cc3F)cs1)c(=O)n(C)c(=O)n2C. The Balaban J connectivity index is 1.62. The minimum Gasteiger partial charge on any atom is -0.505 e. The van der Waals surface area contributed by atoms with Gasteiger partial charge in [0.05, 0.1) is 12.1 Å². The van der Waals surface area contributed by atoms with Gasteiger partial charge in [0.1, 0.15) is 17.0 Å². The first-order valence-electron chi connectivity index (χ1n) is 9.20. The van der Waals surface area contributed by atoms with Crippen LogP contribution in [0, 0.1) is 18.6 Å². The number of phenolic OH excluding ortho intramolecular Hbond substituents is 1. The molecule has 0 aliphatic rings. The molecule has 4 aromatic rings. The second-order valence-corrected chi connectivity index (χ2v) is 7.93. The minimum atomic E-state index is -1.00. The van der Waals surface area contributed by atoms with Crippen molar-refractivity contribution < 1.29 is 23.1 Å². The topological polar surface area (TPSA) is 119 Å². The van der Waals surface area contributed by atoms with Gasteiger partial charge >= 0.3 is 5.69 Å². The van der Waals surface area contributed by atoms with Crippen molar-refractivity contribution in [3.8, 4) is 17.0 Å². The van der Waals surface area contributed by atoms with E-state index in [9.17, 15) is 28.3 Å². The van der Waals surface area contributed by atoms with Crippen LogP contribution < -0.4 is 16.6 Å². The number of amides is 1. The van der Waals surface area contributed by atoms with Gasteiger partial charge in [0.15, 0.2) is 16.7 Å². The van der Waals surface area contributed by atoms with Crippen LogP contribution in [0.4, 0.5) is 13.9 Å².